The van der Waals surface area contributed by atoms with Crippen LogP contribution in [-0.4, -0.2) is 25.4 Å². The predicted molar refractivity (Wildman–Crippen MR) is 47.0 cm³/mol. The van der Waals surface area contributed by atoms with Gasteiger partial charge in [0.1, 0.15) is 0 Å². The van der Waals surface area contributed by atoms with Crippen molar-refractivity contribution >= 4 is 0 Å². The van der Waals surface area contributed by atoms with Crippen molar-refractivity contribution < 1.29 is 9.47 Å². The van der Waals surface area contributed by atoms with Crippen LogP contribution in [0.15, 0.2) is 0 Å². The van der Waals surface area contributed by atoms with E-state index in [1.807, 2.05) is 0 Å². The summed E-state index contributed by atoms with van der Waals surface area (Å²) in [6.45, 7) is 8.51. The molecule has 2 heteroatoms. The third-order valence-corrected chi connectivity index (χ3v) is 3.20. The van der Waals surface area contributed by atoms with E-state index in [0.717, 1.165) is 13.2 Å². The van der Waals surface area contributed by atoms with Crippen LogP contribution in [-0.2, 0) is 9.47 Å². The van der Waals surface area contributed by atoms with Gasteiger partial charge in [-0.3, -0.25) is 0 Å². The average Bonchev–Trinajstić information content (AvgIpc) is 2.53. The van der Waals surface area contributed by atoms with Crippen LogP contribution in [0, 0.1) is 17.8 Å². The molecule has 0 saturated carbocycles. The first-order valence-electron chi connectivity index (χ1n) is 4.93. The van der Waals surface area contributed by atoms with Crippen molar-refractivity contribution in [1.29, 1.82) is 0 Å². The Bertz CT molecular complexity index is 167. The fraction of sp³-hybridized carbons (Fsp3) is 1.00. The highest BCUT2D eigenvalue weighted by molar-refractivity contribution is 4.93. The first kappa shape index (κ1) is 8.52. The first-order valence-corrected chi connectivity index (χ1v) is 4.93. The number of fused-ring (bicyclic) bond motifs is 1. The summed E-state index contributed by atoms with van der Waals surface area (Å²) >= 11 is 0. The molecule has 2 nitrogen and oxygen atoms in total. The van der Waals surface area contributed by atoms with Gasteiger partial charge in [-0.15, -0.1) is 0 Å². The van der Waals surface area contributed by atoms with Gasteiger partial charge in [-0.2, -0.15) is 0 Å². The van der Waals surface area contributed by atoms with E-state index in [1.54, 1.807) is 0 Å². The molecule has 0 aromatic heterocycles. The van der Waals surface area contributed by atoms with E-state index in [-0.39, 0.29) is 0 Å². The highest BCUT2D eigenvalue weighted by atomic mass is 16.6. The molecule has 2 heterocycles. The van der Waals surface area contributed by atoms with Crippen molar-refractivity contribution in [3.05, 3.63) is 0 Å². The Morgan fingerprint density at radius 1 is 1.08 bits per heavy atom. The maximum Gasteiger partial charge on any atom is 0.0892 e. The molecule has 2 rings (SSSR count). The van der Waals surface area contributed by atoms with Crippen molar-refractivity contribution in [3.8, 4) is 0 Å². The third kappa shape index (κ3) is 1.17. The Morgan fingerprint density at radius 3 is 2.42 bits per heavy atom. The monoisotopic (exact) mass is 170 g/mol. The van der Waals surface area contributed by atoms with E-state index in [1.165, 1.54) is 0 Å². The Balaban J connectivity index is 2.05. The van der Waals surface area contributed by atoms with E-state index in [4.69, 9.17) is 9.47 Å². The number of hydrogen-bond donors (Lipinski definition) is 0. The minimum absolute atomic E-state index is 0.386. The molecule has 0 aromatic rings. The second-order valence-electron chi connectivity index (χ2n) is 4.48. The van der Waals surface area contributed by atoms with Gasteiger partial charge in [-0.1, -0.05) is 20.8 Å². The molecular weight excluding hydrogens is 152 g/mol. The lowest BCUT2D eigenvalue weighted by molar-refractivity contribution is 0.0549. The standard InChI is InChI=1S/C10H18O2/c1-6(2)8-5-12-9-7(3)4-11-10(8)9/h6-10H,4-5H2,1-3H3/t7-,8+,9?,10?/m1/s1. The molecule has 2 unspecified atom stereocenters. The minimum atomic E-state index is 0.386. The van der Waals surface area contributed by atoms with E-state index in [2.05, 4.69) is 20.8 Å². The van der Waals surface area contributed by atoms with Gasteiger partial charge in [-0.25, -0.2) is 0 Å². The van der Waals surface area contributed by atoms with Crippen LogP contribution in [0.25, 0.3) is 0 Å². The zero-order valence-corrected chi connectivity index (χ0v) is 8.12. The summed E-state index contributed by atoms with van der Waals surface area (Å²) in [5.41, 5.74) is 0. The van der Waals surface area contributed by atoms with Gasteiger partial charge in [-0.05, 0) is 5.92 Å². The van der Waals surface area contributed by atoms with E-state index >= 15 is 0 Å². The van der Waals surface area contributed by atoms with E-state index in [0.29, 0.717) is 30.0 Å². The first-order chi connectivity index (χ1) is 5.70. The van der Waals surface area contributed by atoms with Crippen LogP contribution < -0.4 is 0 Å². The molecule has 12 heavy (non-hydrogen) atoms. The maximum atomic E-state index is 5.74. The second kappa shape index (κ2) is 3.00. The molecule has 0 radical (unpaired) electrons. The lowest BCUT2D eigenvalue weighted by Gasteiger charge is -2.19. The lowest BCUT2D eigenvalue weighted by Crippen LogP contribution is -2.27. The summed E-state index contributed by atoms with van der Waals surface area (Å²) in [5.74, 6) is 1.91. The summed E-state index contributed by atoms with van der Waals surface area (Å²) in [6.07, 6.45) is 0.775. The maximum absolute atomic E-state index is 5.74. The van der Waals surface area contributed by atoms with Crippen molar-refractivity contribution in [3.63, 3.8) is 0 Å². The smallest absolute Gasteiger partial charge is 0.0892 e. The van der Waals surface area contributed by atoms with Crippen LogP contribution in [0.2, 0.25) is 0 Å². The topological polar surface area (TPSA) is 18.5 Å². The normalized spacial score (nSPS) is 47.0. The van der Waals surface area contributed by atoms with Gasteiger partial charge >= 0.3 is 0 Å². The Kier molecular flexibility index (Phi) is 2.13. The molecule has 0 spiro atoms. The highest BCUT2D eigenvalue weighted by Crippen LogP contribution is 2.37. The Morgan fingerprint density at radius 2 is 1.75 bits per heavy atom. The van der Waals surface area contributed by atoms with Crippen molar-refractivity contribution in [1.82, 2.24) is 0 Å². The number of hydrogen-bond acceptors (Lipinski definition) is 2. The zero-order chi connectivity index (χ0) is 8.72. The van der Waals surface area contributed by atoms with E-state index < -0.39 is 0 Å². The largest absolute Gasteiger partial charge is 0.375 e. The number of ether oxygens (including phenoxy) is 2. The molecule has 4 atom stereocenters. The minimum Gasteiger partial charge on any atom is -0.375 e. The third-order valence-electron chi connectivity index (χ3n) is 3.20. The predicted octanol–water partition coefficient (Wildman–Crippen LogP) is 1.69. The molecular formula is C10H18O2. The summed E-state index contributed by atoms with van der Waals surface area (Å²) < 4.78 is 11.5. The second-order valence-corrected chi connectivity index (χ2v) is 4.48. The summed E-state index contributed by atoms with van der Waals surface area (Å²) in [6, 6.07) is 0. The van der Waals surface area contributed by atoms with Crippen molar-refractivity contribution in [2.24, 2.45) is 17.8 Å². The molecule has 2 saturated heterocycles. The van der Waals surface area contributed by atoms with Gasteiger partial charge in [0.15, 0.2) is 0 Å². The number of rotatable bonds is 1. The van der Waals surface area contributed by atoms with Gasteiger partial charge < -0.3 is 9.47 Å². The molecule has 70 valence electrons. The lowest BCUT2D eigenvalue weighted by atomic mass is 9.89. The molecule has 0 amide bonds. The van der Waals surface area contributed by atoms with E-state index in [9.17, 15) is 0 Å². The van der Waals surface area contributed by atoms with Crippen LogP contribution in [0.1, 0.15) is 20.8 Å². The molecule has 2 aliphatic rings. The molecule has 0 aliphatic carbocycles. The quantitative estimate of drug-likeness (QED) is 0.596. The fourth-order valence-electron chi connectivity index (χ4n) is 2.29. The van der Waals surface area contributed by atoms with Gasteiger partial charge in [0.25, 0.3) is 0 Å². The van der Waals surface area contributed by atoms with Gasteiger partial charge in [0, 0.05) is 11.8 Å². The fourth-order valence-corrected chi connectivity index (χ4v) is 2.29. The van der Waals surface area contributed by atoms with Gasteiger partial charge in [0.05, 0.1) is 25.4 Å². The molecule has 0 N–H and O–H groups in total. The molecule has 0 aromatic carbocycles. The Hall–Kier alpha value is -0.0800. The van der Waals surface area contributed by atoms with Crippen LogP contribution in [0.3, 0.4) is 0 Å². The van der Waals surface area contributed by atoms with Crippen molar-refractivity contribution in [2.75, 3.05) is 13.2 Å². The Labute approximate surface area is 74.2 Å². The molecule has 0 bridgehead atoms. The summed E-state index contributed by atoms with van der Waals surface area (Å²) in [4.78, 5) is 0. The zero-order valence-electron chi connectivity index (χ0n) is 8.12. The summed E-state index contributed by atoms with van der Waals surface area (Å²) in [5, 5.41) is 0. The van der Waals surface area contributed by atoms with Crippen LogP contribution in [0.4, 0.5) is 0 Å². The van der Waals surface area contributed by atoms with Crippen LogP contribution >= 0.6 is 0 Å². The molecule has 2 fully saturated rings. The SMILES string of the molecule is CC(C)[C@@H]1COC2C1OC[C@H]2C. The average molecular weight is 170 g/mol. The molecule has 2 aliphatic heterocycles. The van der Waals surface area contributed by atoms with Gasteiger partial charge in [0.2, 0.25) is 0 Å². The van der Waals surface area contributed by atoms with Crippen LogP contribution in [0.5, 0.6) is 0 Å². The summed E-state index contributed by atoms with van der Waals surface area (Å²) in [7, 11) is 0. The highest BCUT2D eigenvalue weighted by Gasteiger charge is 2.46. The van der Waals surface area contributed by atoms with Crippen molar-refractivity contribution in [2.45, 2.75) is 33.0 Å².